The highest BCUT2D eigenvalue weighted by atomic mass is 16.6. The summed E-state index contributed by atoms with van der Waals surface area (Å²) >= 11 is 0. The number of benzene rings is 2. The van der Waals surface area contributed by atoms with Gasteiger partial charge in [-0.05, 0) is 108 Å². The Hall–Kier alpha value is -4.11. The smallest absolute Gasteiger partial charge is 0.419 e. The summed E-state index contributed by atoms with van der Waals surface area (Å²) < 4.78 is 20.2. The van der Waals surface area contributed by atoms with Crippen LogP contribution in [-0.2, 0) is 16.0 Å². The van der Waals surface area contributed by atoms with Gasteiger partial charge < -0.3 is 14.2 Å². The lowest BCUT2D eigenvalue weighted by atomic mass is 9.83. The van der Waals surface area contributed by atoms with Gasteiger partial charge in [-0.25, -0.2) is 9.59 Å². The lowest BCUT2D eigenvalue weighted by molar-refractivity contribution is 0.0542. The fourth-order valence-electron chi connectivity index (χ4n) is 6.23. The van der Waals surface area contributed by atoms with Crippen molar-refractivity contribution >= 4 is 23.0 Å². The SMILES string of the molecule is COC(=O)c1ccc([C@@H]2CC(c3cnn(C(C)C)c3)CCN2Cc2c(OC)cc(C)c3c2ccn3C(=O)OC(C)(C)C)cc1. The van der Waals surface area contributed by atoms with Crippen molar-refractivity contribution in [1.82, 2.24) is 19.2 Å². The monoisotopic (exact) mass is 600 g/mol. The van der Waals surface area contributed by atoms with Crippen LogP contribution in [0.5, 0.6) is 5.75 Å². The Balaban J connectivity index is 1.53. The van der Waals surface area contributed by atoms with Crippen LogP contribution in [0.3, 0.4) is 0 Å². The van der Waals surface area contributed by atoms with E-state index in [9.17, 15) is 9.59 Å². The Morgan fingerprint density at radius 2 is 1.80 bits per heavy atom. The van der Waals surface area contributed by atoms with E-state index >= 15 is 0 Å². The van der Waals surface area contributed by atoms with Crippen LogP contribution in [0.25, 0.3) is 10.9 Å². The van der Waals surface area contributed by atoms with Crippen LogP contribution in [-0.4, -0.2) is 57.7 Å². The third-order valence-electron chi connectivity index (χ3n) is 8.45. The average molecular weight is 601 g/mol. The predicted molar refractivity (Wildman–Crippen MR) is 170 cm³/mol. The number of aryl methyl sites for hydroxylation is 1. The number of ether oxygens (including phenoxy) is 3. The number of aromatic nitrogens is 3. The molecule has 0 spiro atoms. The van der Waals surface area contributed by atoms with E-state index in [0.29, 0.717) is 24.1 Å². The summed E-state index contributed by atoms with van der Waals surface area (Å²) in [6, 6.07) is 12.1. The van der Waals surface area contributed by atoms with E-state index in [1.165, 1.54) is 12.7 Å². The van der Waals surface area contributed by atoms with Gasteiger partial charge in [0, 0.05) is 42.0 Å². The van der Waals surface area contributed by atoms with Crippen LogP contribution in [0.1, 0.15) is 98.1 Å². The van der Waals surface area contributed by atoms with Gasteiger partial charge in [0.05, 0.1) is 31.5 Å². The molecule has 4 aromatic rings. The molecule has 9 nitrogen and oxygen atoms in total. The molecule has 1 unspecified atom stereocenters. The Labute approximate surface area is 259 Å². The number of fused-ring (bicyclic) bond motifs is 1. The van der Waals surface area contributed by atoms with E-state index < -0.39 is 11.7 Å². The molecule has 0 bridgehead atoms. The quantitative estimate of drug-likeness (QED) is 0.204. The van der Waals surface area contributed by atoms with Gasteiger partial charge in [-0.3, -0.25) is 14.1 Å². The Morgan fingerprint density at radius 3 is 2.41 bits per heavy atom. The van der Waals surface area contributed by atoms with Crippen LogP contribution in [0, 0.1) is 6.92 Å². The summed E-state index contributed by atoms with van der Waals surface area (Å²) in [6.45, 7) is 13.3. The van der Waals surface area contributed by atoms with Crippen LogP contribution in [0.4, 0.5) is 4.79 Å². The molecular weight excluding hydrogens is 556 g/mol. The topological polar surface area (TPSA) is 87.8 Å². The number of piperidine rings is 1. The van der Waals surface area contributed by atoms with E-state index in [4.69, 9.17) is 14.2 Å². The minimum Gasteiger partial charge on any atom is -0.496 e. The fraction of sp³-hybridized carbons (Fsp3) is 0.457. The molecular formula is C35H44N4O5. The van der Waals surface area contributed by atoms with E-state index in [1.54, 1.807) is 17.9 Å². The minimum atomic E-state index is -0.608. The van der Waals surface area contributed by atoms with Gasteiger partial charge in [-0.2, -0.15) is 5.10 Å². The molecule has 1 aliphatic heterocycles. The first-order valence-electron chi connectivity index (χ1n) is 15.3. The number of nitrogens with zero attached hydrogens (tertiary/aromatic N) is 4. The maximum Gasteiger partial charge on any atom is 0.419 e. The molecule has 2 atom stereocenters. The number of rotatable bonds is 7. The number of likely N-dealkylation sites (tertiary alicyclic amines) is 1. The third kappa shape index (κ3) is 6.38. The summed E-state index contributed by atoms with van der Waals surface area (Å²) in [5, 5.41) is 5.58. The number of methoxy groups -OCH3 is 2. The first-order valence-corrected chi connectivity index (χ1v) is 15.3. The molecule has 0 aliphatic carbocycles. The van der Waals surface area contributed by atoms with Gasteiger partial charge in [-0.15, -0.1) is 0 Å². The highest BCUT2D eigenvalue weighted by Crippen LogP contribution is 2.42. The molecule has 44 heavy (non-hydrogen) atoms. The number of esters is 1. The third-order valence-corrected chi connectivity index (χ3v) is 8.45. The molecule has 2 aromatic heterocycles. The van der Waals surface area contributed by atoms with Crippen LogP contribution >= 0.6 is 0 Å². The van der Waals surface area contributed by atoms with Crippen molar-refractivity contribution in [3.8, 4) is 5.75 Å². The van der Waals surface area contributed by atoms with Gasteiger partial charge in [-0.1, -0.05) is 12.1 Å². The fourth-order valence-corrected chi connectivity index (χ4v) is 6.23. The lowest BCUT2D eigenvalue weighted by Gasteiger charge is -2.40. The Bertz CT molecular complexity index is 1640. The first-order chi connectivity index (χ1) is 20.9. The summed E-state index contributed by atoms with van der Waals surface area (Å²) in [5.41, 5.74) is 5.09. The molecule has 1 aliphatic rings. The maximum absolute atomic E-state index is 13.2. The van der Waals surface area contributed by atoms with Gasteiger partial charge >= 0.3 is 12.1 Å². The minimum absolute atomic E-state index is 0.0804. The van der Waals surface area contributed by atoms with Gasteiger partial charge in [0.25, 0.3) is 0 Å². The second-order valence-corrected chi connectivity index (χ2v) is 13.0. The molecule has 0 radical (unpaired) electrons. The molecule has 1 fully saturated rings. The summed E-state index contributed by atoms with van der Waals surface area (Å²) in [6.07, 6.45) is 7.45. The van der Waals surface area contributed by atoms with Crippen LogP contribution in [0.2, 0.25) is 0 Å². The largest absolute Gasteiger partial charge is 0.496 e. The molecule has 0 N–H and O–H groups in total. The first kappa shape index (κ1) is 31.3. The molecule has 234 valence electrons. The van der Waals surface area contributed by atoms with Gasteiger partial charge in [0.2, 0.25) is 0 Å². The zero-order valence-electron chi connectivity index (χ0n) is 27.1. The number of hydrogen-bond acceptors (Lipinski definition) is 7. The van der Waals surface area contributed by atoms with Crippen molar-refractivity contribution in [1.29, 1.82) is 0 Å². The van der Waals surface area contributed by atoms with E-state index in [2.05, 4.69) is 30.0 Å². The van der Waals surface area contributed by atoms with Crippen molar-refractivity contribution < 1.29 is 23.8 Å². The molecule has 0 saturated carbocycles. The van der Waals surface area contributed by atoms with Crippen molar-refractivity contribution in [3.63, 3.8) is 0 Å². The van der Waals surface area contributed by atoms with Crippen LogP contribution < -0.4 is 4.74 Å². The molecule has 0 amide bonds. The second-order valence-electron chi connectivity index (χ2n) is 13.0. The summed E-state index contributed by atoms with van der Waals surface area (Å²) in [5.74, 6) is 0.784. The molecule has 3 heterocycles. The van der Waals surface area contributed by atoms with E-state index in [0.717, 1.165) is 52.7 Å². The number of carbonyl (C=O) groups excluding carboxylic acids is 2. The molecule has 1 saturated heterocycles. The zero-order valence-corrected chi connectivity index (χ0v) is 27.1. The number of hydrogen-bond donors (Lipinski definition) is 0. The molecule has 9 heteroatoms. The second kappa shape index (κ2) is 12.5. The molecule has 2 aromatic carbocycles. The van der Waals surface area contributed by atoms with Crippen molar-refractivity contribution in [2.75, 3.05) is 20.8 Å². The predicted octanol–water partition coefficient (Wildman–Crippen LogP) is 7.43. The number of carbonyl (C=O) groups is 2. The van der Waals surface area contributed by atoms with Crippen molar-refractivity contribution in [2.24, 2.45) is 0 Å². The summed E-state index contributed by atoms with van der Waals surface area (Å²) in [7, 11) is 3.09. The normalized spacial score (nSPS) is 17.7. The maximum atomic E-state index is 13.2. The lowest BCUT2D eigenvalue weighted by Crippen LogP contribution is -2.36. The zero-order chi connectivity index (χ0) is 31.8. The van der Waals surface area contributed by atoms with Gasteiger partial charge in [0.1, 0.15) is 11.4 Å². The van der Waals surface area contributed by atoms with Crippen LogP contribution in [0.15, 0.2) is 55.0 Å². The van der Waals surface area contributed by atoms with E-state index in [1.807, 2.05) is 75.0 Å². The van der Waals surface area contributed by atoms with Crippen molar-refractivity contribution in [3.05, 3.63) is 82.8 Å². The highest BCUT2D eigenvalue weighted by molar-refractivity contribution is 5.95. The van der Waals surface area contributed by atoms with Crippen molar-refractivity contribution in [2.45, 2.75) is 84.5 Å². The van der Waals surface area contributed by atoms with E-state index in [-0.39, 0.29) is 12.0 Å². The molecule has 5 rings (SSSR count). The standard InChI is InChI=1S/C35H44N4O5/c1-22(2)39-20-27(19-36-39)26-13-15-37(30(18-26)24-9-11-25(12-10-24)33(40)43-8)21-29-28-14-16-38(34(41)44-35(4,5)6)32(28)23(3)17-31(29)42-7/h9-12,14,16-17,19-20,22,26,30H,13,15,18,21H2,1-8H3/t26?,30-/m0/s1. The van der Waals surface area contributed by atoms with Gasteiger partial charge in [0.15, 0.2) is 0 Å². The highest BCUT2D eigenvalue weighted by Gasteiger charge is 2.33. The Kier molecular flexibility index (Phi) is 8.88. The average Bonchev–Trinajstić information content (AvgIpc) is 3.66. The Morgan fingerprint density at radius 1 is 1.07 bits per heavy atom. The summed E-state index contributed by atoms with van der Waals surface area (Å²) in [4.78, 5) is 27.8.